The van der Waals surface area contributed by atoms with E-state index >= 15 is 0 Å². The van der Waals surface area contributed by atoms with Gasteiger partial charge in [-0.15, -0.1) is 0 Å². The lowest BCUT2D eigenvalue weighted by atomic mass is 10.1. The second-order valence-electron chi connectivity index (χ2n) is 3.18. The maximum atomic E-state index is 12.9. The topological polar surface area (TPSA) is 20.2 Å². The monoisotopic (exact) mass is 262 g/mol. The van der Waals surface area contributed by atoms with Crippen LogP contribution in [0.1, 0.15) is 17.2 Å². The Labute approximate surface area is 90.5 Å². The minimum atomic E-state index is -5.06. The molecule has 0 unspecified atom stereocenters. The average Bonchev–Trinajstić information content (AvgIpc) is 2.12. The molecule has 0 amide bonds. The third-order valence-electron chi connectivity index (χ3n) is 1.92. The molecule has 1 rings (SSSR count). The number of halogens is 7. The van der Waals surface area contributed by atoms with Crippen molar-refractivity contribution in [2.45, 2.75) is 18.5 Å². The molecule has 1 aromatic rings. The molecule has 0 saturated carbocycles. The van der Waals surface area contributed by atoms with E-state index in [0.717, 1.165) is 0 Å². The third kappa shape index (κ3) is 3.09. The Morgan fingerprint density at radius 3 is 1.88 bits per heavy atom. The molecule has 8 heteroatoms. The van der Waals surface area contributed by atoms with Crippen LogP contribution >= 0.6 is 0 Å². The smallest absolute Gasteiger partial charge is 0.379 e. The van der Waals surface area contributed by atoms with E-state index in [1.807, 2.05) is 0 Å². The summed E-state index contributed by atoms with van der Waals surface area (Å²) in [4.78, 5) is 0. The van der Waals surface area contributed by atoms with Crippen LogP contribution in [-0.2, 0) is 6.18 Å². The van der Waals surface area contributed by atoms with Gasteiger partial charge >= 0.3 is 12.4 Å². The molecule has 1 nitrogen and oxygen atoms in total. The zero-order valence-electron chi connectivity index (χ0n) is 7.90. The van der Waals surface area contributed by atoms with Gasteiger partial charge in [0.15, 0.2) is 6.10 Å². The van der Waals surface area contributed by atoms with Crippen molar-refractivity contribution >= 4 is 0 Å². The van der Waals surface area contributed by atoms with Crippen LogP contribution in [0.3, 0.4) is 0 Å². The van der Waals surface area contributed by atoms with E-state index in [1.54, 1.807) is 0 Å². The van der Waals surface area contributed by atoms with Gasteiger partial charge < -0.3 is 5.11 Å². The lowest BCUT2D eigenvalue weighted by Gasteiger charge is -2.16. The summed E-state index contributed by atoms with van der Waals surface area (Å²) in [5.41, 5.74) is -2.67. The normalized spacial score (nSPS) is 14.8. The van der Waals surface area contributed by atoms with Gasteiger partial charge in [0.2, 0.25) is 0 Å². The molecule has 1 aromatic carbocycles. The molecule has 96 valence electrons. The molecule has 0 aliphatic heterocycles. The van der Waals surface area contributed by atoms with Crippen molar-refractivity contribution in [1.82, 2.24) is 0 Å². The van der Waals surface area contributed by atoms with Crippen LogP contribution in [0.25, 0.3) is 0 Å². The Morgan fingerprint density at radius 1 is 1.00 bits per heavy atom. The maximum absolute atomic E-state index is 12.9. The van der Waals surface area contributed by atoms with Gasteiger partial charge in [0.25, 0.3) is 0 Å². The van der Waals surface area contributed by atoms with Gasteiger partial charge in [0, 0.05) is 0 Å². The van der Waals surface area contributed by atoms with E-state index in [4.69, 9.17) is 5.11 Å². The zero-order valence-corrected chi connectivity index (χ0v) is 7.90. The predicted molar refractivity (Wildman–Crippen MR) is 42.4 cm³/mol. The number of hydrogen-bond acceptors (Lipinski definition) is 1. The maximum Gasteiger partial charge on any atom is 0.419 e. The fraction of sp³-hybridized carbons (Fsp3) is 0.333. The van der Waals surface area contributed by atoms with Gasteiger partial charge in [-0.1, -0.05) is 6.07 Å². The highest BCUT2D eigenvalue weighted by Crippen LogP contribution is 2.36. The van der Waals surface area contributed by atoms with Crippen LogP contribution in [0.15, 0.2) is 18.2 Å². The third-order valence-corrected chi connectivity index (χ3v) is 1.92. The van der Waals surface area contributed by atoms with Crippen molar-refractivity contribution in [2.24, 2.45) is 0 Å². The number of rotatable bonds is 1. The highest BCUT2D eigenvalue weighted by atomic mass is 19.4. The molecule has 0 aliphatic rings. The average molecular weight is 262 g/mol. The predicted octanol–water partition coefficient (Wildman–Crippen LogP) is 3.44. The van der Waals surface area contributed by atoms with E-state index in [1.165, 1.54) is 0 Å². The van der Waals surface area contributed by atoms with Crippen LogP contribution < -0.4 is 0 Å². The van der Waals surface area contributed by atoms with E-state index in [0.29, 0.717) is 6.07 Å². The Balaban J connectivity index is 3.14. The lowest BCUT2D eigenvalue weighted by molar-refractivity contribution is -0.206. The van der Waals surface area contributed by atoms with Crippen molar-refractivity contribution in [3.63, 3.8) is 0 Å². The molecule has 0 aromatic heterocycles. The first-order valence-electron chi connectivity index (χ1n) is 4.15. The summed E-state index contributed by atoms with van der Waals surface area (Å²) in [5.74, 6) is -1.86. The van der Waals surface area contributed by atoms with Gasteiger partial charge in [-0.25, -0.2) is 4.39 Å². The van der Waals surface area contributed by atoms with Gasteiger partial charge in [0.05, 0.1) is 5.56 Å². The largest absolute Gasteiger partial charge is 0.419 e. The highest BCUT2D eigenvalue weighted by Gasteiger charge is 2.41. The first-order valence-corrected chi connectivity index (χ1v) is 4.15. The number of aliphatic hydroxyl groups is 1. The van der Waals surface area contributed by atoms with Crippen LogP contribution in [0.2, 0.25) is 0 Å². The standard InChI is InChI=1S/C9H5F7O/c10-6-3-4(7(17)9(14,15)16)1-2-5(6)8(11,12)13/h1-3,7,17H/t7-/m1/s1. The summed E-state index contributed by atoms with van der Waals surface area (Å²) < 4.78 is 85.2. The van der Waals surface area contributed by atoms with Crippen LogP contribution in [0.5, 0.6) is 0 Å². The second-order valence-corrected chi connectivity index (χ2v) is 3.18. The Kier molecular flexibility index (Phi) is 3.37. The lowest BCUT2D eigenvalue weighted by Crippen LogP contribution is -2.20. The number of hydrogen-bond donors (Lipinski definition) is 1. The molecule has 0 heterocycles. The van der Waals surface area contributed by atoms with Crippen molar-refractivity contribution in [3.8, 4) is 0 Å². The molecule has 0 radical (unpaired) electrons. The SMILES string of the molecule is O[C@H](c1ccc(C(F)(F)F)c(F)c1)C(F)(F)F. The Bertz CT molecular complexity index is 407. The van der Waals surface area contributed by atoms with E-state index in [-0.39, 0.29) is 12.1 Å². The number of aliphatic hydroxyl groups excluding tert-OH is 1. The van der Waals surface area contributed by atoms with Crippen LogP contribution in [0, 0.1) is 5.82 Å². The quantitative estimate of drug-likeness (QED) is 0.768. The molecule has 1 atom stereocenters. The fourth-order valence-corrected chi connectivity index (χ4v) is 1.12. The van der Waals surface area contributed by atoms with Gasteiger partial charge in [0.1, 0.15) is 5.82 Å². The molecule has 17 heavy (non-hydrogen) atoms. The summed E-state index contributed by atoms with van der Waals surface area (Å²) in [6, 6.07) is 0.546. The summed E-state index contributed by atoms with van der Waals surface area (Å²) in [5, 5.41) is 8.70. The summed E-state index contributed by atoms with van der Waals surface area (Å²) in [7, 11) is 0. The first-order chi connectivity index (χ1) is 7.53. The number of alkyl halides is 6. The van der Waals surface area contributed by atoms with Gasteiger partial charge in [-0.2, -0.15) is 26.3 Å². The van der Waals surface area contributed by atoms with Crippen molar-refractivity contribution in [2.75, 3.05) is 0 Å². The van der Waals surface area contributed by atoms with Crippen LogP contribution in [0.4, 0.5) is 30.7 Å². The highest BCUT2D eigenvalue weighted by molar-refractivity contribution is 5.28. The summed E-state index contributed by atoms with van der Waals surface area (Å²) in [6.07, 6.45) is -13.1. The minimum absolute atomic E-state index is 0.0149. The zero-order chi connectivity index (χ0) is 13.4. The molecule has 1 N–H and O–H groups in total. The summed E-state index contributed by atoms with van der Waals surface area (Å²) in [6.45, 7) is 0. The van der Waals surface area contributed by atoms with Gasteiger partial charge in [-0.3, -0.25) is 0 Å². The second kappa shape index (κ2) is 4.17. The van der Waals surface area contributed by atoms with Gasteiger partial charge in [-0.05, 0) is 17.7 Å². The van der Waals surface area contributed by atoms with Crippen molar-refractivity contribution in [1.29, 1.82) is 0 Å². The molecule has 0 bridgehead atoms. The Morgan fingerprint density at radius 2 is 1.53 bits per heavy atom. The number of benzene rings is 1. The van der Waals surface area contributed by atoms with E-state index < -0.39 is 35.4 Å². The summed E-state index contributed by atoms with van der Waals surface area (Å²) >= 11 is 0. The van der Waals surface area contributed by atoms with Crippen molar-refractivity contribution < 1.29 is 35.8 Å². The first kappa shape index (κ1) is 13.8. The fourth-order valence-electron chi connectivity index (χ4n) is 1.12. The van der Waals surface area contributed by atoms with Crippen molar-refractivity contribution in [3.05, 3.63) is 35.1 Å². The van der Waals surface area contributed by atoms with Crippen LogP contribution in [-0.4, -0.2) is 11.3 Å². The van der Waals surface area contributed by atoms with E-state index in [2.05, 4.69) is 0 Å². The molecule has 0 fully saturated rings. The molecule has 0 spiro atoms. The molecule has 0 aliphatic carbocycles. The Hall–Kier alpha value is -1.31. The minimum Gasteiger partial charge on any atom is -0.379 e. The molecular formula is C9H5F7O. The molecule has 0 saturated heterocycles. The van der Waals surface area contributed by atoms with E-state index in [9.17, 15) is 30.7 Å². The molecular weight excluding hydrogens is 257 g/mol.